The van der Waals surface area contributed by atoms with Crippen LogP contribution >= 0.6 is 0 Å². The van der Waals surface area contributed by atoms with Gasteiger partial charge >= 0.3 is 5.97 Å². The molecule has 0 fully saturated rings. The predicted octanol–water partition coefficient (Wildman–Crippen LogP) is 17.2. The van der Waals surface area contributed by atoms with Crippen molar-refractivity contribution in [2.45, 2.75) is 309 Å². The molecule has 0 aliphatic carbocycles. The molecule has 2 unspecified atom stereocenters. The first-order valence-corrected chi connectivity index (χ1v) is 28.2. The van der Waals surface area contributed by atoms with Crippen LogP contribution in [0, 0.1) is 0 Å². The molecule has 0 aromatic rings. The van der Waals surface area contributed by atoms with Gasteiger partial charge in [-0.05, 0) is 83.5 Å². The molecule has 0 heterocycles. The molecule has 376 valence electrons. The van der Waals surface area contributed by atoms with Crippen LogP contribution in [0.4, 0.5) is 0 Å². The van der Waals surface area contributed by atoms with Gasteiger partial charge in [-0.25, -0.2) is 0 Å². The maximum absolute atomic E-state index is 12.4. The minimum Gasteiger partial charge on any atom is -0.466 e. The molecule has 0 rings (SSSR count). The van der Waals surface area contributed by atoms with Crippen LogP contribution in [-0.2, 0) is 14.3 Å². The summed E-state index contributed by atoms with van der Waals surface area (Å²) in [5.74, 6) is -0.0598. The van der Waals surface area contributed by atoms with E-state index in [-0.39, 0.29) is 18.5 Å². The number of aliphatic hydroxyl groups excluding tert-OH is 2. The zero-order chi connectivity index (χ0) is 46.5. The van der Waals surface area contributed by atoms with Crippen LogP contribution in [0.5, 0.6) is 0 Å². The number of esters is 1. The molecule has 6 nitrogen and oxygen atoms in total. The van der Waals surface area contributed by atoms with E-state index >= 15 is 0 Å². The van der Waals surface area contributed by atoms with Crippen LogP contribution in [0.3, 0.4) is 0 Å². The summed E-state index contributed by atoms with van der Waals surface area (Å²) in [5.41, 5.74) is 0. The summed E-state index contributed by atoms with van der Waals surface area (Å²) in [4.78, 5) is 24.5. The number of ether oxygens (including phenoxy) is 1. The lowest BCUT2D eigenvalue weighted by molar-refractivity contribution is -0.143. The fourth-order valence-electron chi connectivity index (χ4n) is 8.55. The highest BCUT2D eigenvalue weighted by atomic mass is 16.5. The van der Waals surface area contributed by atoms with Gasteiger partial charge in [-0.2, -0.15) is 0 Å². The third-order valence-electron chi connectivity index (χ3n) is 12.9. The van der Waals surface area contributed by atoms with Crippen molar-refractivity contribution in [2.24, 2.45) is 0 Å². The maximum Gasteiger partial charge on any atom is 0.305 e. The standard InChI is InChI=1S/C58H109NO5/c1-3-5-7-9-11-13-15-17-18-19-20-21-25-28-32-36-40-44-48-52-58(63)64-53-49-45-41-37-33-29-26-23-22-24-27-31-35-39-43-47-51-57(62)59-55(54-60)56(61)50-46-42-38-34-30-16-14-12-10-8-6-4-2/h11,13,17-18,22,24,55-56,60-61H,3-10,12,14-16,19-21,23,25-54H2,1-2H3,(H,59,62)/b13-11-,18-17-,24-22-. The first-order chi connectivity index (χ1) is 31.5. The van der Waals surface area contributed by atoms with Crippen molar-refractivity contribution in [3.8, 4) is 0 Å². The van der Waals surface area contributed by atoms with Crippen LogP contribution in [0.2, 0.25) is 0 Å². The predicted molar refractivity (Wildman–Crippen MR) is 278 cm³/mol. The molecule has 2 atom stereocenters. The fraction of sp³-hybridized carbons (Fsp3) is 0.862. The topological polar surface area (TPSA) is 95.9 Å². The Kier molecular flexibility index (Phi) is 52.1. The molecule has 0 spiro atoms. The summed E-state index contributed by atoms with van der Waals surface area (Å²) < 4.78 is 5.48. The molecule has 0 bridgehead atoms. The van der Waals surface area contributed by atoms with Crippen molar-refractivity contribution < 1.29 is 24.5 Å². The van der Waals surface area contributed by atoms with Crippen molar-refractivity contribution >= 4 is 11.9 Å². The van der Waals surface area contributed by atoms with Crippen LogP contribution in [0.25, 0.3) is 0 Å². The van der Waals surface area contributed by atoms with Crippen LogP contribution in [0.15, 0.2) is 36.5 Å². The van der Waals surface area contributed by atoms with Gasteiger partial charge in [-0.3, -0.25) is 9.59 Å². The number of aliphatic hydroxyl groups is 2. The monoisotopic (exact) mass is 900 g/mol. The SMILES string of the molecule is CCCCC/C=C\C/C=C\CCCCCCCCCCCC(=O)OCCCCCCCCC/C=C\CCCCCCCC(=O)NC(CO)C(O)CCCCCCCCCCCCCC. The van der Waals surface area contributed by atoms with Gasteiger partial charge in [0.2, 0.25) is 5.91 Å². The van der Waals surface area contributed by atoms with Crippen molar-refractivity contribution in [1.82, 2.24) is 5.32 Å². The van der Waals surface area contributed by atoms with Crippen molar-refractivity contribution in [2.75, 3.05) is 13.2 Å². The van der Waals surface area contributed by atoms with Gasteiger partial charge in [0.25, 0.3) is 0 Å². The Labute approximate surface area is 398 Å². The Hall–Kier alpha value is -1.92. The van der Waals surface area contributed by atoms with Crippen molar-refractivity contribution in [1.29, 1.82) is 0 Å². The number of amides is 1. The third-order valence-corrected chi connectivity index (χ3v) is 12.9. The molecule has 3 N–H and O–H groups in total. The number of rotatable bonds is 52. The molecule has 0 aliphatic rings. The van der Waals surface area contributed by atoms with E-state index in [0.717, 1.165) is 70.6 Å². The molecule has 1 amide bonds. The average Bonchev–Trinajstić information content (AvgIpc) is 3.29. The van der Waals surface area contributed by atoms with E-state index < -0.39 is 12.1 Å². The summed E-state index contributed by atoms with van der Waals surface area (Å²) in [5, 5.41) is 23.2. The summed E-state index contributed by atoms with van der Waals surface area (Å²) in [6.45, 7) is 4.90. The quantitative estimate of drug-likeness (QED) is 0.0321. The second kappa shape index (κ2) is 53.7. The summed E-state index contributed by atoms with van der Waals surface area (Å²) in [7, 11) is 0. The number of carbonyl (C=O) groups is 2. The van der Waals surface area contributed by atoms with Gasteiger partial charge in [-0.1, -0.05) is 237 Å². The van der Waals surface area contributed by atoms with E-state index in [4.69, 9.17) is 4.74 Å². The number of nitrogens with one attached hydrogen (secondary N) is 1. The fourth-order valence-corrected chi connectivity index (χ4v) is 8.55. The lowest BCUT2D eigenvalue weighted by Crippen LogP contribution is -2.45. The Balaban J connectivity index is 3.44. The van der Waals surface area contributed by atoms with Gasteiger partial charge in [0.05, 0.1) is 25.4 Å². The number of allylic oxidation sites excluding steroid dienone is 6. The Morgan fingerprint density at radius 1 is 0.438 bits per heavy atom. The summed E-state index contributed by atoms with van der Waals surface area (Å²) in [6, 6.07) is -0.553. The smallest absolute Gasteiger partial charge is 0.305 e. The average molecular weight is 901 g/mol. The normalized spacial score (nSPS) is 12.9. The molecule has 0 aliphatic heterocycles. The third kappa shape index (κ3) is 49.5. The van der Waals surface area contributed by atoms with Crippen LogP contribution in [0.1, 0.15) is 296 Å². The number of hydrogen-bond acceptors (Lipinski definition) is 5. The molecule has 64 heavy (non-hydrogen) atoms. The van der Waals surface area contributed by atoms with Crippen molar-refractivity contribution in [3.05, 3.63) is 36.5 Å². The highest BCUT2D eigenvalue weighted by Crippen LogP contribution is 2.16. The van der Waals surface area contributed by atoms with Gasteiger partial charge < -0.3 is 20.3 Å². The Morgan fingerprint density at radius 3 is 1.23 bits per heavy atom. The molecule has 0 saturated heterocycles. The summed E-state index contributed by atoms with van der Waals surface area (Å²) in [6.07, 6.45) is 65.6. The van der Waals surface area contributed by atoms with E-state index in [2.05, 4.69) is 55.6 Å². The maximum atomic E-state index is 12.4. The molecule has 0 aromatic heterocycles. The lowest BCUT2D eigenvalue weighted by atomic mass is 10.0. The highest BCUT2D eigenvalue weighted by Gasteiger charge is 2.20. The minimum absolute atomic E-state index is 0.00686. The molecule has 0 radical (unpaired) electrons. The van der Waals surface area contributed by atoms with Crippen molar-refractivity contribution in [3.63, 3.8) is 0 Å². The van der Waals surface area contributed by atoms with E-state index in [1.807, 2.05) is 0 Å². The number of hydrogen-bond donors (Lipinski definition) is 3. The van der Waals surface area contributed by atoms with E-state index in [1.54, 1.807) is 0 Å². The Bertz CT molecular complexity index is 1040. The number of carbonyl (C=O) groups excluding carboxylic acids is 2. The zero-order valence-electron chi connectivity index (χ0n) is 42.8. The van der Waals surface area contributed by atoms with E-state index in [0.29, 0.717) is 25.9 Å². The molecular formula is C58H109NO5. The van der Waals surface area contributed by atoms with E-state index in [9.17, 15) is 19.8 Å². The first kappa shape index (κ1) is 62.1. The second-order valence-electron chi connectivity index (χ2n) is 19.3. The molecular weight excluding hydrogens is 791 g/mol. The minimum atomic E-state index is -0.674. The molecule has 6 heteroatoms. The Morgan fingerprint density at radius 2 is 0.781 bits per heavy atom. The van der Waals surface area contributed by atoms with Crippen LogP contribution in [-0.4, -0.2) is 47.4 Å². The first-order valence-electron chi connectivity index (χ1n) is 28.2. The lowest BCUT2D eigenvalue weighted by Gasteiger charge is -2.22. The van der Waals surface area contributed by atoms with Gasteiger partial charge in [0, 0.05) is 12.8 Å². The van der Waals surface area contributed by atoms with Gasteiger partial charge in [0.1, 0.15) is 0 Å². The van der Waals surface area contributed by atoms with E-state index in [1.165, 1.54) is 193 Å². The van der Waals surface area contributed by atoms with Gasteiger partial charge in [-0.15, -0.1) is 0 Å². The zero-order valence-corrected chi connectivity index (χ0v) is 42.8. The highest BCUT2D eigenvalue weighted by molar-refractivity contribution is 5.76. The number of unbranched alkanes of at least 4 members (excludes halogenated alkanes) is 35. The second-order valence-corrected chi connectivity index (χ2v) is 19.3. The molecule has 0 aromatic carbocycles. The largest absolute Gasteiger partial charge is 0.466 e. The summed E-state index contributed by atoms with van der Waals surface area (Å²) >= 11 is 0. The molecule has 0 saturated carbocycles. The van der Waals surface area contributed by atoms with Gasteiger partial charge in [0.15, 0.2) is 0 Å². The van der Waals surface area contributed by atoms with Crippen LogP contribution < -0.4 is 5.32 Å².